The van der Waals surface area contributed by atoms with Crippen LogP contribution in [0, 0.1) is 62.5 Å². The van der Waals surface area contributed by atoms with E-state index < -0.39 is 23.2 Å². The zero-order valence-electron chi connectivity index (χ0n) is 25.4. The van der Waals surface area contributed by atoms with E-state index in [1.165, 1.54) is 12.1 Å². The van der Waals surface area contributed by atoms with Gasteiger partial charge >= 0.3 is 11.9 Å². The average molecular weight is 563 g/mol. The van der Waals surface area contributed by atoms with Crippen molar-refractivity contribution in [2.24, 2.45) is 56.7 Å². The Morgan fingerprint density at radius 3 is 2.29 bits per heavy atom. The van der Waals surface area contributed by atoms with Crippen molar-refractivity contribution < 1.29 is 24.2 Å². The molecule has 2 N–H and O–H groups in total. The van der Waals surface area contributed by atoms with Crippen LogP contribution in [0.2, 0.25) is 0 Å². The lowest BCUT2D eigenvalue weighted by Crippen LogP contribution is -2.65. The van der Waals surface area contributed by atoms with Gasteiger partial charge in [-0.15, -0.1) is 6.58 Å². The maximum atomic E-state index is 14.8. The molecule has 0 saturated heterocycles. The van der Waals surface area contributed by atoms with Crippen LogP contribution in [0.1, 0.15) is 108 Å². The number of aliphatic carboxylic acids is 1. The first-order valence-corrected chi connectivity index (χ1v) is 15.8. The first-order valence-electron chi connectivity index (χ1n) is 15.8. The minimum absolute atomic E-state index is 0.0857. The van der Waals surface area contributed by atoms with Crippen LogP contribution >= 0.6 is 0 Å². The Hall–Kier alpha value is -2.43. The van der Waals surface area contributed by atoms with Crippen molar-refractivity contribution in [3.8, 4) is 0 Å². The highest BCUT2D eigenvalue weighted by Crippen LogP contribution is 2.77. The van der Waals surface area contributed by atoms with E-state index in [2.05, 4.69) is 53.3 Å². The quantitative estimate of drug-likeness (QED) is 0.360. The molecule has 41 heavy (non-hydrogen) atoms. The summed E-state index contributed by atoms with van der Waals surface area (Å²) < 4.78 is 14.8. The van der Waals surface area contributed by atoms with Crippen molar-refractivity contribution in [2.75, 3.05) is 0 Å². The van der Waals surface area contributed by atoms with E-state index >= 15 is 0 Å². The van der Waals surface area contributed by atoms with Crippen LogP contribution in [0.5, 0.6) is 0 Å². The van der Waals surface area contributed by atoms with Crippen molar-refractivity contribution in [2.45, 2.75) is 92.4 Å². The summed E-state index contributed by atoms with van der Waals surface area (Å²) >= 11 is 0. The summed E-state index contributed by atoms with van der Waals surface area (Å²) in [5.74, 6) is -0.693. The summed E-state index contributed by atoms with van der Waals surface area (Å²) in [6, 6.07) is 4.58. The van der Waals surface area contributed by atoms with Crippen molar-refractivity contribution in [1.82, 2.24) is 0 Å². The van der Waals surface area contributed by atoms with Gasteiger partial charge in [-0.05, 0) is 132 Å². The van der Waals surface area contributed by atoms with Crippen LogP contribution < -0.4 is 0 Å². The Labute approximate surface area is 244 Å². The topological polar surface area (TPSA) is 74.6 Å². The van der Waals surface area contributed by atoms with Crippen LogP contribution in [0.25, 0.3) is 5.57 Å². The van der Waals surface area contributed by atoms with Gasteiger partial charge in [0, 0.05) is 0 Å². The second kappa shape index (κ2) is 9.04. The predicted octanol–water partition coefficient (Wildman–Crippen LogP) is 8.87. The van der Waals surface area contributed by atoms with E-state index in [-0.39, 0.29) is 39.1 Å². The zero-order valence-corrected chi connectivity index (χ0v) is 25.4. The molecule has 0 aliphatic heterocycles. The van der Waals surface area contributed by atoms with Crippen molar-refractivity contribution in [3.63, 3.8) is 0 Å². The summed E-state index contributed by atoms with van der Waals surface area (Å²) in [7, 11) is 0. The molecule has 5 aliphatic carbocycles. The highest BCUT2D eigenvalue weighted by molar-refractivity contribution is 5.88. The molecule has 5 aliphatic rings. The lowest BCUT2D eigenvalue weighted by atomic mass is 9.32. The van der Waals surface area contributed by atoms with Crippen molar-refractivity contribution in [3.05, 3.63) is 53.9 Å². The zero-order chi connectivity index (χ0) is 29.8. The Morgan fingerprint density at radius 2 is 1.66 bits per heavy atom. The maximum Gasteiger partial charge on any atom is 0.338 e. The summed E-state index contributed by atoms with van der Waals surface area (Å²) in [5, 5.41) is 19.8. The minimum atomic E-state index is -1.24. The molecule has 9 atom stereocenters. The Balaban J connectivity index is 1.37. The van der Waals surface area contributed by atoms with E-state index in [9.17, 15) is 24.2 Å². The maximum absolute atomic E-state index is 14.8. The van der Waals surface area contributed by atoms with Gasteiger partial charge in [-0.2, -0.15) is 0 Å². The van der Waals surface area contributed by atoms with Gasteiger partial charge in [0.05, 0.1) is 11.0 Å². The first-order chi connectivity index (χ1) is 19.2. The summed E-state index contributed by atoms with van der Waals surface area (Å²) in [6.07, 6.45) is 13.2. The fourth-order valence-corrected chi connectivity index (χ4v) is 12.2. The highest BCUT2D eigenvalue weighted by Gasteiger charge is 2.71. The highest BCUT2D eigenvalue weighted by atomic mass is 19.1. The lowest BCUT2D eigenvalue weighted by molar-refractivity contribution is -0.227. The molecule has 6 rings (SSSR count). The number of allylic oxidation sites excluding steroid dienone is 3. The molecule has 0 amide bonds. The molecule has 4 saturated carbocycles. The van der Waals surface area contributed by atoms with Crippen LogP contribution in [-0.4, -0.2) is 22.2 Å². The van der Waals surface area contributed by atoms with Gasteiger partial charge in [-0.25, -0.2) is 9.18 Å². The number of carbonyl (C=O) groups is 2. The number of rotatable bonds is 4. The molecule has 0 bridgehead atoms. The van der Waals surface area contributed by atoms with E-state index in [4.69, 9.17) is 0 Å². The van der Waals surface area contributed by atoms with Crippen molar-refractivity contribution >= 4 is 17.5 Å². The van der Waals surface area contributed by atoms with Crippen LogP contribution in [0.15, 0.2) is 36.9 Å². The first kappa shape index (κ1) is 28.7. The van der Waals surface area contributed by atoms with Gasteiger partial charge in [-0.3, -0.25) is 4.79 Å². The molecule has 0 aromatic heterocycles. The van der Waals surface area contributed by atoms with Crippen LogP contribution in [-0.2, 0) is 4.79 Å². The number of aromatic carboxylic acids is 1. The third-order valence-corrected chi connectivity index (χ3v) is 14.3. The molecule has 5 heteroatoms. The Morgan fingerprint density at radius 1 is 0.927 bits per heavy atom. The van der Waals surface area contributed by atoms with Crippen LogP contribution in [0.3, 0.4) is 0 Å². The number of carboxylic acid groups (broad SMARTS) is 2. The predicted molar refractivity (Wildman–Crippen MR) is 159 cm³/mol. The van der Waals surface area contributed by atoms with Gasteiger partial charge in [0.1, 0.15) is 5.82 Å². The largest absolute Gasteiger partial charge is 0.481 e. The lowest BCUT2D eigenvalue weighted by Gasteiger charge is -2.72. The minimum Gasteiger partial charge on any atom is -0.481 e. The van der Waals surface area contributed by atoms with Gasteiger partial charge in [0.25, 0.3) is 0 Å². The molecular formula is C36H47FO4. The van der Waals surface area contributed by atoms with Gasteiger partial charge in [0.2, 0.25) is 0 Å². The summed E-state index contributed by atoms with van der Waals surface area (Å²) in [6.45, 7) is 16.3. The smallest absolute Gasteiger partial charge is 0.338 e. The molecular weight excluding hydrogens is 515 g/mol. The Kier molecular flexibility index (Phi) is 6.32. The van der Waals surface area contributed by atoms with E-state index in [1.54, 1.807) is 6.07 Å². The number of carboxylic acids is 2. The summed E-state index contributed by atoms with van der Waals surface area (Å²) in [4.78, 5) is 24.2. The van der Waals surface area contributed by atoms with E-state index in [0.717, 1.165) is 68.9 Å². The molecule has 4 nitrogen and oxygen atoms in total. The van der Waals surface area contributed by atoms with Gasteiger partial charge in [-0.1, -0.05) is 52.8 Å². The number of hydrogen-bond acceptors (Lipinski definition) is 2. The molecule has 0 heterocycles. The second-order valence-corrected chi connectivity index (χ2v) is 15.6. The fraction of sp³-hybridized carbons (Fsp3) is 0.667. The molecule has 9 unspecified atom stereocenters. The standard InChI is InChI=1S/C36H47FO4/c1-7-21-12-17-36(31(40)41)19-18-34(5)25(29(21)36)10-11-28-33(4)15-13-24(22-8-9-23(30(38)39)26(37)20-22)32(2,3)27(33)14-16-35(28,34)6/h7-9,13,20-21,25,27-29H,1,10-12,14-19H2,2-6H3,(H,38,39)(H,40,41). The third-order valence-electron chi connectivity index (χ3n) is 14.3. The molecule has 0 spiro atoms. The molecule has 4 fully saturated rings. The van der Waals surface area contributed by atoms with Gasteiger partial charge in [0.15, 0.2) is 0 Å². The van der Waals surface area contributed by atoms with Crippen molar-refractivity contribution in [1.29, 1.82) is 0 Å². The molecule has 1 aromatic rings. The second-order valence-electron chi connectivity index (χ2n) is 15.6. The molecule has 1 aromatic carbocycles. The fourth-order valence-electron chi connectivity index (χ4n) is 12.2. The van der Waals surface area contributed by atoms with E-state index in [1.807, 2.05) is 0 Å². The SMILES string of the molecule is C=CC1CCC2(C(=O)O)CCC3(C)C(CCC4C5(C)CC=C(c6ccc(C(=O)O)c(F)c6)C(C)(C)C5CCC43C)C12. The Bertz CT molecular complexity index is 1340. The molecule has 222 valence electrons. The average Bonchev–Trinajstić information content (AvgIpc) is 3.29. The van der Waals surface area contributed by atoms with E-state index in [0.29, 0.717) is 17.8 Å². The third kappa shape index (κ3) is 3.56. The number of halogens is 1. The molecule has 0 radical (unpaired) electrons. The normalized spacial score (nSPS) is 44.4. The summed E-state index contributed by atoms with van der Waals surface area (Å²) in [5.41, 5.74) is 1.14. The monoisotopic (exact) mass is 562 g/mol. The number of hydrogen-bond donors (Lipinski definition) is 2. The van der Waals surface area contributed by atoms with Crippen LogP contribution in [0.4, 0.5) is 4.39 Å². The number of benzene rings is 1. The number of fused-ring (bicyclic) bond motifs is 7. The van der Waals surface area contributed by atoms with Gasteiger partial charge < -0.3 is 10.2 Å².